The largest absolute Gasteiger partial charge is 0.444 e. The van der Waals surface area contributed by atoms with Crippen LogP contribution in [0.25, 0.3) is 0 Å². The molecule has 7 nitrogen and oxygen atoms in total. The molecule has 0 aliphatic rings. The van der Waals surface area contributed by atoms with Gasteiger partial charge in [0.25, 0.3) is 0 Å². The normalized spacial score (nSPS) is 11.1. The van der Waals surface area contributed by atoms with Crippen LogP contribution >= 0.6 is 0 Å². The van der Waals surface area contributed by atoms with Gasteiger partial charge >= 0.3 is 6.09 Å². The lowest BCUT2D eigenvalue weighted by Gasteiger charge is -2.21. The monoisotopic (exact) mass is 282 g/mol. The number of anilines is 2. The fraction of sp³-hybridized carbons (Fsp3) is 0.615. The summed E-state index contributed by atoms with van der Waals surface area (Å²) in [6.45, 7) is 7.85. The highest BCUT2D eigenvalue weighted by Gasteiger charge is 2.17. The minimum absolute atomic E-state index is 0.209. The topological polar surface area (TPSA) is 87.6 Å². The lowest BCUT2D eigenvalue weighted by Crippen LogP contribution is -2.28. The van der Waals surface area contributed by atoms with Crippen LogP contribution in [-0.2, 0) is 11.3 Å². The molecule has 0 fully saturated rings. The second-order valence-corrected chi connectivity index (χ2v) is 5.36. The number of hydrogen-bond acceptors (Lipinski definition) is 6. The van der Waals surface area contributed by atoms with Crippen LogP contribution in [0.15, 0.2) is 6.07 Å². The number of carbonyl (C=O) groups excluding carboxylic acids is 1. The first-order valence-electron chi connectivity index (χ1n) is 6.45. The van der Waals surface area contributed by atoms with E-state index < -0.39 is 11.7 Å². The molecule has 0 unspecified atom stereocenters. The van der Waals surface area contributed by atoms with Gasteiger partial charge in [-0.25, -0.2) is 4.79 Å². The van der Waals surface area contributed by atoms with E-state index in [4.69, 9.17) is 4.74 Å². The van der Waals surface area contributed by atoms with Gasteiger partial charge in [0.1, 0.15) is 11.3 Å². The first-order valence-corrected chi connectivity index (χ1v) is 6.45. The van der Waals surface area contributed by atoms with Gasteiger partial charge < -0.3 is 14.7 Å². The van der Waals surface area contributed by atoms with Crippen molar-refractivity contribution in [3.8, 4) is 0 Å². The number of hydrogen-bond donors (Lipinski definition) is 2. The highest BCUT2D eigenvalue weighted by Crippen LogP contribution is 2.20. The van der Waals surface area contributed by atoms with Crippen LogP contribution in [0.5, 0.6) is 0 Å². The fourth-order valence-electron chi connectivity index (χ4n) is 1.49. The maximum absolute atomic E-state index is 11.7. The Balaban J connectivity index is 2.89. The Morgan fingerprint density at radius 2 is 2.10 bits per heavy atom. The average molecular weight is 282 g/mol. The molecule has 0 saturated carbocycles. The van der Waals surface area contributed by atoms with Crippen molar-refractivity contribution in [3.63, 3.8) is 0 Å². The smallest absolute Gasteiger partial charge is 0.413 e. The number of ether oxygens (including phenoxy) is 1. The van der Waals surface area contributed by atoms with E-state index in [1.165, 1.54) is 0 Å². The molecule has 1 rings (SSSR count). The van der Waals surface area contributed by atoms with Gasteiger partial charge in [-0.2, -0.15) is 0 Å². The van der Waals surface area contributed by atoms with E-state index in [0.29, 0.717) is 5.69 Å². The first-order chi connectivity index (χ1) is 9.26. The van der Waals surface area contributed by atoms with E-state index in [-0.39, 0.29) is 12.4 Å². The molecule has 0 aliphatic heterocycles. The van der Waals surface area contributed by atoms with Gasteiger partial charge in [0.2, 0.25) is 0 Å². The summed E-state index contributed by atoms with van der Waals surface area (Å²) in [6, 6.07) is 1.66. The number of nitrogens with one attached hydrogen (secondary N) is 1. The lowest BCUT2D eigenvalue weighted by molar-refractivity contribution is 0.0635. The van der Waals surface area contributed by atoms with Gasteiger partial charge in [0.05, 0.1) is 12.3 Å². The Bertz CT molecular complexity index is 471. The first kappa shape index (κ1) is 16.2. The molecule has 0 aliphatic carbocycles. The predicted octanol–water partition coefficient (Wildman–Crippen LogP) is 1.77. The van der Waals surface area contributed by atoms with Gasteiger partial charge in [0.15, 0.2) is 5.82 Å². The van der Waals surface area contributed by atoms with Crippen molar-refractivity contribution in [1.29, 1.82) is 0 Å². The van der Waals surface area contributed by atoms with E-state index in [2.05, 4.69) is 15.5 Å². The Labute approximate surface area is 119 Å². The third-order valence-corrected chi connectivity index (χ3v) is 2.51. The summed E-state index contributed by atoms with van der Waals surface area (Å²) >= 11 is 0. The summed E-state index contributed by atoms with van der Waals surface area (Å²) in [5, 5.41) is 19.5. The van der Waals surface area contributed by atoms with E-state index in [9.17, 15) is 9.90 Å². The second-order valence-electron chi connectivity index (χ2n) is 5.36. The number of amides is 1. The number of carbonyl (C=O) groups is 1. The van der Waals surface area contributed by atoms with Crippen LogP contribution in [0.4, 0.5) is 16.3 Å². The highest BCUT2D eigenvalue weighted by molar-refractivity contribution is 5.84. The van der Waals surface area contributed by atoms with Crippen LogP contribution in [0.3, 0.4) is 0 Å². The van der Waals surface area contributed by atoms with Gasteiger partial charge in [-0.15, -0.1) is 10.2 Å². The van der Waals surface area contributed by atoms with Crippen LogP contribution in [-0.4, -0.2) is 40.6 Å². The van der Waals surface area contributed by atoms with Crippen LogP contribution in [0.2, 0.25) is 0 Å². The number of aliphatic hydroxyl groups is 1. The number of aromatic nitrogens is 2. The van der Waals surface area contributed by atoms with E-state index in [1.807, 2.05) is 18.9 Å². The molecule has 112 valence electrons. The zero-order valence-electron chi connectivity index (χ0n) is 12.6. The summed E-state index contributed by atoms with van der Waals surface area (Å²) in [4.78, 5) is 13.6. The zero-order chi connectivity index (χ0) is 15.3. The van der Waals surface area contributed by atoms with E-state index in [1.54, 1.807) is 26.8 Å². The van der Waals surface area contributed by atoms with Crippen LogP contribution in [0, 0.1) is 0 Å². The third kappa shape index (κ3) is 4.65. The minimum Gasteiger partial charge on any atom is -0.444 e. The van der Waals surface area contributed by atoms with Gasteiger partial charge in [-0.3, -0.25) is 5.32 Å². The molecule has 1 aromatic rings. The van der Waals surface area contributed by atoms with E-state index >= 15 is 0 Å². The van der Waals surface area contributed by atoms with Crippen molar-refractivity contribution < 1.29 is 14.6 Å². The maximum Gasteiger partial charge on any atom is 0.413 e. The molecule has 0 radical (unpaired) electrons. The van der Waals surface area contributed by atoms with Crippen molar-refractivity contribution >= 4 is 17.6 Å². The Morgan fingerprint density at radius 1 is 1.45 bits per heavy atom. The van der Waals surface area contributed by atoms with E-state index in [0.717, 1.165) is 12.2 Å². The lowest BCUT2D eigenvalue weighted by atomic mass is 10.2. The summed E-state index contributed by atoms with van der Waals surface area (Å²) in [7, 11) is 1.87. The highest BCUT2D eigenvalue weighted by atomic mass is 16.6. The number of rotatable bonds is 4. The van der Waals surface area contributed by atoms with Gasteiger partial charge in [-0.05, 0) is 27.7 Å². The third-order valence-electron chi connectivity index (χ3n) is 2.51. The average Bonchev–Trinajstić information content (AvgIpc) is 2.35. The zero-order valence-corrected chi connectivity index (χ0v) is 12.6. The molecule has 2 N–H and O–H groups in total. The van der Waals surface area contributed by atoms with Gasteiger partial charge in [0, 0.05) is 19.7 Å². The van der Waals surface area contributed by atoms with Crippen molar-refractivity contribution in [1.82, 2.24) is 10.2 Å². The standard InChI is InChI=1S/C13H22N4O3/c1-6-17(5)10-7-11(16-15-9(10)8-18)14-12(19)20-13(2,3)4/h7,18H,6,8H2,1-5H3,(H,14,16,19). The van der Waals surface area contributed by atoms with Crippen molar-refractivity contribution in [3.05, 3.63) is 11.8 Å². The summed E-state index contributed by atoms with van der Waals surface area (Å²) in [6.07, 6.45) is -0.589. The summed E-state index contributed by atoms with van der Waals surface area (Å²) in [5.74, 6) is 0.284. The Morgan fingerprint density at radius 3 is 2.60 bits per heavy atom. The van der Waals surface area contributed by atoms with Crippen LogP contribution in [0.1, 0.15) is 33.4 Å². The summed E-state index contributed by atoms with van der Waals surface area (Å²) in [5.41, 5.74) is 0.603. The SMILES string of the molecule is CCN(C)c1cc(NC(=O)OC(C)(C)C)nnc1CO. The van der Waals surface area contributed by atoms with Crippen molar-refractivity contribution in [2.24, 2.45) is 0 Å². The molecule has 0 atom stereocenters. The molecule has 7 heteroatoms. The molecule has 0 spiro atoms. The van der Waals surface area contributed by atoms with Crippen molar-refractivity contribution in [2.45, 2.75) is 39.9 Å². The molecule has 1 aromatic heterocycles. The quantitative estimate of drug-likeness (QED) is 0.875. The van der Waals surface area contributed by atoms with Crippen molar-refractivity contribution in [2.75, 3.05) is 23.8 Å². The molecule has 0 saturated heterocycles. The maximum atomic E-state index is 11.7. The second kappa shape index (κ2) is 6.51. The number of nitrogens with zero attached hydrogens (tertiary/aromatic N) is 3. The molecule has 1 amide bonds. The molecule has 20 heavy (non-hydrogen) atoms. The Kier molecular flexibility index (Phi) is 5.26. The Hall–Kier alpha value is -1.89. The van der Waals surface area contributed by atoms with Gasteiger partial charge in [-0.1, -0.05) is 0 Å². The predicted molar refractivity (Wildman–Crippen MR) is 76.8 cm³/mol. The summed E-state index contributed by atoms with van der Waals surface area (Å²) < 4.78 is 5.14. The molecular formula is C13H22N4O3. The van der Waals surface area contributed by atoms with Crippen LogP contribution < -0.4 is 10.2 Å². The molecular weight excluding hydrogens is 260 g/mol. The fourth-order valence-corrected chi connectivity index (χ4v) is 1.49. The molecule has 0 bridgehead atoms. The number of aliphatic hydroxyl groups excluding tert-OH is 1. The molecule has 0 aromatic carbocycles. The molecule has 1 heterocycles. The minimum atomic E-state index is -0.589.